The molecule has 1 aliphatic heterocycles. The fraction of sp³-hybridized carbons (Fsp3) is 0.353. The summed E-state index contributed by atoms with van der Waals surface area (Å²) in [5.74, 6) is 1.93. The number of nitrogens with two attached hydrogens (primary N) is 1. The van der Waals surface area contributed by atoms with Gasteiger partial charge in [-0.2, -0.15) is 0 Å². The molecule has 0 spiro atoms. The van der Waals surface area contributed by atoms with E-state index in [4.69, 9.17) is 5.73 Å². The Hall–Kier alpha value is -2.63. The third kappa shape index (κ3) is 3.77. The zero-order valence-electron chi connectivity index (χ0n) is 13.2. The van der Waals surface area contributed by atoms with E-state index in [0.29, 0.717) is 17.1 Å². The van der Waals surface area contributed by atoms with Crippen molar-refractivity contribution in [2.75, 3.05) is 29.0 Å². The molecule has 1 fully saturated rings. The highest BCUT2D eigenvalue weighted by molar-refractivity contribution is 6.04. The minimum absolute atomic E-state index is 0.206. The third-order valence-electron chi connectivity index (χ3n) is 4.16. The predicted octanol–water partition coefficient (Wildman–Crippen LogP) is 2.55. The molecule has 2 aromatic heterocycles. The lowest BCUT2D eigenvalue weighted by Gasteiger charge is -2.31. The van der Waals surface area contributed by atoms with Gasteiger partial charge in [0.05, 0.1) is 17.4 Å². The van der Waals surface area contributed by atoms with Crippen molar-refractivity contribution in [1.82, 2.24) is 9.97 Å². The van der Waals surface area contributed by atoms with Crippen LogP contribution < -0.4 is 16.0 Å². The van der Waals surface area contributed by atoms with Crippen LogP contribution in [0.25, 0.3) is 0 Å². The number of aromatic nitrogens is 2. The SMILES string of the molecule is CC1CCN(c2ccc(C(=O)Nc3ccc(N)nc3)cn2)CC1. The van der Waals surface area contributed by atoms with E-state index in [0.717, 1.165) is 24.8 Å². The van der Waals surface area contributed by atoms with Crippen LogP contribution in [0.15, 0.2) is 36.7 Å². The Morgan fingerprint density at radius 1 is 1.17 bits per heavy atom. The molecule has 0 saturated carbocycles. The second-order valence-electron chi connectivity index (χ2n) is 6.00. The van der Waals surface area contributed by atoms with Crippen molar-refractivity contribution in [1.29, 1.82) is 0 Å². The maximum absolute atomic E-state index is 12.2. The molecule has 1 amide bonds. The summed E-state index contributed by atoms with van der Waals surface area (Å²) in [4.78, 5) is 22.9. The van der Waals surface area contributed by atoms with Gasteiger partial charge in [-0.1, -0.05) is 6.92 Å². The minimum atomic E-state index is -0.206. The number of carbonyl (C=O) groups is 1. The molecule has 0 bridgehead atoms. The number of piperidine rings is 1. The highest BCUT2D eigenvalue weighted by atomic mass is 16.1. The van der Waals surface area contributed by atoms with Crippen molar-refractivity contribution in [3.63, 3.8) is 0 Å². The molecule has 3 rings (SSSR count). The fourth-order valence-corrected chi connectivity index (χ4v) is 2.63. The summed E-state index contributed by atoms with van der Waals surface area (Å²) in [5.41, 5.74) is 6.66. The summed E-state index contributed by atoms with van der Waals surface area (Å²) in [7, 11) is 0. The molecular weight excluding hydrogens is 290 g/mol. The summed E-state index contributed by atoms with van der Waals surface area (Å²) >= 11 is 0. The maximum Gasteiger partial charge on any atom is 0.257 e. The molecule has 0 radical (unpaired) electrons. The Morgan fingerprint density at radius 2 is 1.96 bits per heavy atom. The van der Waals surface area contributed by atoms with Gasteiger partial charge in [0, 0.05) is 19.3 Å². The smallest absolute Gasteiger partial charge is 0.257 e. The lowest BCUT2D eigenvalue weighted by molar-refractivity contribution is 0.102. The van der Waals surface area contributed by atoms with Crippen LogP contribution >= 0.6 is 0 Å². The van der Waals surface area contributed by atoms with Crippen LogP contribution in [0.5, 0.6) is 0 Å². The number of rotatable bonds is 3. The van der Waals surface area contributed by atoms with Gasteiger partial charge in [-0.15, -0.1) is 0 Å². The first-order valence-corrected chi connectivity index (χ1v) is 7.86. The average molecular weight is 311 g/mol. The summed E-state index contributed by atoms with van der Waals surface area (Å²) in [6.07, 6.45) is 5.53. The second kappa shape index (κ2) is 6.64. The number of nitrogens with zero attached hydrogens (tertiary/aromatic N) is 3. The number of nitrogens with one attached hydrogen (secondary N) is 1. The molecule has 0 unspecified atom stereocenters. The van der Waals surface area contributed by atoms with E-state index < -0.39 is 0 Å². The lowest BCUT2D eigenvalue weighted by Crippen LogP contribution is -2.33. The molecule has 0 aromatic carbocycles. The van der Waals surface area contributed by atoms with Gasteiger partial charge in [0.2, 0.25) is 0 Å². The average Bonchev–Trinajstić information content (AvgIpc) is 2.58. The summed E-state index contributed by atoms with van der Waals surface area (Å²) in [6.45, 7) is 4.33. The van der Waals surface area contributed by atoms with E-state index >= 15 is 0 Å². The van der Waals surface area contributed by atoms with E-state index in [-0.39, 0.29) is 5.91 Å². The largest absolute Gasteiger partial charge is 0.384 e. The predicted molar refractivity (Wildman–Crippen MR) is 91.5 cm³/mol. The first kappa shape index (κ1) is 15.3. The van der Waals surface area contributed by atoms with Crippen LogP contribution in [-0.4, -0.2) is 29.0 Å². The van der Waals surface area contributed by atoms with Gasteiger partial charge in [0.25, 0.3) is 5.91 Å². The van der Waals surface area contributed by atoms with Gasteiger partial charge in [-0.3, -0.25) is 4.79 Å². The molecular formula is C17H21N5O. The molecule has 2 aromatic rings. The molecule has 120 valence electrons. The zero-order chi connectivity index (χ0) is 16.2. The van der Waals surface area contributed by atoms with Gasteiger partial charge in [0.1, 0.15) is 11.6 Å². The van der Waals surface area contributed by atoms with Gasteiger partial charge in [-0.25, -0.2) is 9.97 Å². The van der Waals surface area contributed by atoms with Crippen molar-refractivity contribution in [3.8, 4) is 0 Å². The monoisotopic (exact) mass is 311 g/mol. The highest BCUT2D eigenvalue weighted by Gasteiger charge is 2.17. The highest BCUT2D eigenvalue weighted by Crippen LogP contribution is 2.21. The molecule has 0 aliphatic carbocycles. The summed E-state index contributed by atoms with van der Waals surface area (Å²) in [6, 6.07) is 7.08. The number of hydrogen-bond donors (Lipinski definition) is 2. The van der Waals surface area contributed by atoms with E-state index in [2.05, 4.69) is 27.1 Å². The first-order chi connectivity index (χ1) is 11.1. The molecule has 1 aliphatic rings. The van der Waals surface area contributed by atoms with Gasteiger partial charge in [0.15, 0.2) is 0 Å². The van der Waals surface area contributed by atoms with Gasteiger partial charge in [-0.05, 0) is 43.0 Å². The Balaban J connectivity index is 1.64. The molecule has 3 heterocycles. The zero-order valence-corrected chi connectivity index (χ0v) is 13.2. The lowest BCUT2D eigenvalue weighted by atomic mass is 9.99. The number of anilines is 3. The number of hydrogen-bond acceptors (Lipinski definition) is 5. The van der Waals surface area contributed by atoms with E-state index in [1.54, 1.807) is 24.4 Å². The van der Waals surface area contributed by atoms with Crippen LogP contribution in [0, 0.1) is 5.92 Å². The van der Waals surface area contributed by atoms with Crippen LogP contribution in [0.3, 0.4) is 0 Å². The molecule has 3 N–H and O–H groups in total. The van der Waals surface area contributed by atoms with Crippen LogP contribution in [0.4, 0.5) is 17.3 Å². The van der Waals surface area contributed by atoms with Crippen molar-refractivity contribution in [3.05, 3.63) is 42.2 Å². The minimum Gasteiger partial charge on any atom is -0.384 e. The maximum atomic E-state index is 12.2. The second-order valence-corrected chi connectivity index (χ2v) is 6.00. The standard InChI is InChI=1S/C17H21N5O/c1-12-6-8-22(9-7-12)16-5-2-13(10-20-16)17(23)21-14-3-4-15(18)19-11-14/h2-5,10-12H,6-9H2,1H3,(H2,18,19)(H,21,23). The topological polar surface area (TPSA) is 84.1 Å². The molecule has 6 nitrogen and oxygen atoms in total. The number of carbonyl (C=O) groups excluding carboxylic acids is 1. The Bertz CT molecular complexity index is 660. The number of nitrogen functional groups attached to an aromatic ring is 1. The van der Waals surface area contributed by atoms with Gasteiger partial charge >= 0.3 is 0 Å². The summed E-state index contributed by atoms with van der Waals surface area (Å²) in [5, 5.41) is 2.78. The summed E-state index contributed by atoms with van der Waals surface area (Å²) < 4.78 is 0. The van der Waals surface area contributed by atoms with E-state index in [9.17, 15) is 4.79 Å². The Kier molecular flexibility index (Phi) is 4.41. The Morgan fingerprint density at radius 3 is 2.57 bits per heavy atom. The molecule has 1 saturated heterocycles. The van der Waals surface area contributed by atoms with Crippen LogP contribution in [-0.2, 0) is 0 Å². The quantitative estimate of drug-likeness (QED) is 0.910. The third-order valence-corrected chi connectivity index (χ3v) is 4.16. The van der Waals surface area contributed by atoms with Crippen LogP contribution in [0.1, 0.15) is 30.1 Å². The van der Waals surface area contributed by atoms with Crippen molar-refractivity contribution >= 4 is 23.2 Å². The molecule has 6 heteroatoms. The first-order valence-electron chi connectivity index (χ1n) is 7.86. The van der Waals surface area contributed by atoms with Crippen molar-refractivity contribution in [2.45, 2.75) is 19.8 Å². The van der Waals surface area contributed by atoms with Crippen LogP contribution in [0.2, 0.25) is 0 Å². The van der Waals surface area contributed by atoms with E-state index in [1.807, 2.05) is 6.07 Å². The van der Waals surface area contributed by atoms with Crippen molar-refractivity contribution in [2.24, 2.45) is 5.92 Å². The molecule has 23 heavy (non-hydrogen) atoms. The normalized spacial score (nSPS) is 15.4. The molecule has 0 atom stereocenters. The number of pyridine rings is 2. The Labute approximate surface area is 135 Å². The van der Waals surface area contributed by atoms with Crippen molar-refractivity contribution < 1.29 is 4.79 Å². The van der Waals surface area contributed by atoms with Gasteiger partial charge < -0.3 is 16.0 Å². The van der Waals surface area contributed by atoms with E-state index in [1.165, 1.54) is 19.0 Å². The number of amides is 1. The fourth-order valence-electron chi connectivity index (χ4n) is 2.63.